The molecule has 8 heteroatoms. The van der Waals surface area contributed by atoms with Crippen LogP contribution in [-0.2, 0) is 16.1 Å². The predicted molar refractivity (Wildman–Crippen MR) is 110 cm³/mol. The normalized spacial score (nSPS) is 10.8. The molecule has 0 bridgehead atoms. The molecule has 0 aliphatic heterocycles. The molecule has 0 radical (unpaired) electrons. The van der Waals surface area contributed by atoms with Gasteiger partial charge < -0.3 is 10.6 Å². The maximum Gasteiger partial charge on any atom is 0.238 e. The van der Waals surface area contributed by atoms with E-state index in [-0.39, 0.29) is 30.7 Å². The molecule has 5 nitrogen and oxygen atoms in total. The van der Waals surface area contributed by atoms with Gasteiger partial charge in [0.1, 0.15) is 5.82 Å². The molecule has 0 fully saturated rings. The van der Waals surface area contributed by atoms with Crippen molar-refractivity contribution in [3.05, 3.63) is 63.9 Å². The van der Waals surface area contributed by atoms with E-state index < -0.39 is 0 Å². The SMILES string of the molecule is CCCN(CC(=O)NCc1ccc(F)cc1)CC(=O)Nc1ccc(Cl)cc1Cl. The van der Waals surface area contributed by atoms with E-state index in [4.69, 9.17) is 23.2 Å². The molecule has 2 amide bonds. The summed E-state index contributed by atoms with van der Waals surface area (Å²) in [5, 5.41) is 6.33. The van der Waals surface area contributed by atoms with E-state index in [0.717, 1.165) is 12.0 Å². The third-order valence-electron chi connectivity index (χ3n) is 3.88. The van der Waals surface area contributed by atoms with Crippen molar-refractivity contribution < 1.29 is 14.0 Å². The van der Waals surface area contributed by atoms with Gasteiger partial charge in [-0.3, -0.25) is 14.5 Å². The summed E-state index contributed by atoms with van der Waals surface area (Å²) in [5.41, 5.74) is 1.26. The Kier molecular flexibility index (Phi) is 8.70. The van der Waals surface area contributed by atoms with Gasteiger partial charge in [0.15, 0.2) is 0 Å². The number of halogens is 3. The zero-order chi connectivity index (χ0) is 20.5. The molecule has 2 rings (SSSR count). The lowest BCUT2D eigenvalue weighted by atomic mass is 10.2. The van der Waals surface area contributed by atoms with Crippen LogP contribution in [0.25, 0.3) is 0 Å². The van der Waals surface area contributed by atoms with Gasteiger partial charge in [0, 0.05) is 11.6 Å². The molecule has 0 aliphatic rings. The van der Waals surface area contributed by atoms with Gasteiger partial charge in [-0.1, -0.05) is 42.3 Å². The number of hydrogen-bond donors (Lipinski definition) is 2. The van der Waals surface area contributed by atoms with Crippen LogP contribution in [0.1, 0.15) is 18.9 Å². The zero-order valence-corrected chi connectivity index (χ0v) is 17.0. The highest BCUT2D eigenvalue weighted by atomic mass is 35.5. The fourth-order valence-electron chi connectivity index (χ4n) is 2.58. The highest BCUT2D eigenvalue weighted by Crippen LogP contribution is 2.25. The van der Waals surface area contributed by atoms with Crippen molar-refractivity contribution in [2.75, 3.05) is 25.0 Å². The lowest BCUT2D eigenvalue weighted by molar-refractivity contribution is -0.123. The number of carbonyl (C=O) groups is 2. The van der Waals surface area contributed by atoms with Crippen LogP contribution in [0, 0.1) is 5.82 Å². The van der Waals surface area contributed by atoms with Crippen LogP contribution >= 0.6 is 23.2 Å². The Morgan fingerprint density at radius 3 is 2.36 bits per heavy atom. The zero-order valence-electron chi connectivity index (χ0n) is 15.5. The molecule has 0 aliphatic carbocycles. The number of carbonyl (C=O) groups excluding carboxylic acids is 2. The first-order chi connectivity index (χ1) is 13.4. The Morgan fingerprint density at radius 2 is 1.71 bits per heavy atom. The van der Waals surface area contributed by atoms with Crippen molar-refractivity contribution in [3.63, 3.8) is 0 Å². The third kappa shape index (κ3) is 7.46. The van der Waals surface area contributed by atoms with Gasteiger partial charge in [-0.05, 0) is 48.9 Å². The predicted octanol–water partition coefficient (Wildman–Crippen LogP) is 4.10. The van der Waals surface area contributed by atoms with Crippen molar-refractivity contribution in [3.8, 4) is 0 Å². The summed E-state index contributed by atoms with van der Waals surface area (Å²) < 4.78 is 12.9. The fourth-order valence-corrected chi connectivity index (χ4v) is 3.03. The minimum Gasteiger partial charge on any atom is -0.351 e. The topological polar surface area (TPSA) is 61.4 Å². The molecule has 0 saturated carbocycles. The second-order valence-corrected chi connectivity index (χ2v) is 7.13. The number of amides is 2. The first-order valence-corrected chi connectivity index (χ1v) is 9.61. The Morgan fingerprint density at radius 1 is 1.04 bits per heavy atom. The molecule has 150 valence electrons. The van der Waals surface area contributed by atoms with E-state index in [9.17, 15) is 14.0 Å². The van der Waals surface area contributed by atoms with Crippen molar-refractivity contribution in [2.45, 2.75) is 19.9 Å². The highest BCUT2D eigenvalue weighted by molar-refractivity contribution is 6.36. The monoisotopic (exact) mass is 425 g/mol. The molecule has 0 unspecified atom stereocenters. The van der Waals surface area contributed by atoms with Crippen LogP contribution in [0.4, 0.5) is 10.1 Å². The van der Waals surface area contributed by atoms with Crippen LogP contribution in [0.2, 0.25) is 10.0 Å². The molecule has 2 aromatic rings. The number of benzene rings is 2. The fraction of sp³-hybridized carbons (Fsp3) is 0.300. The molecule has 0 heterocycles. The molecular formula is C20H22Cl2FN3O2. The molecule has 2 N–H and O–H groups in total. The number of hydrogen-bond acceptors (Lipinski definition) is 3. The molecular weight excluding hydrogens is 404 g/mol. The van der Waals surface area contributed by atoms with Crippen LogP contribution in [0.15, 0.2) is 42.5 Å². The number of anilines is 1. The first kappa shape index (κ1) is 22.1. The molecule has 28 heavy (non-hydrogen) atoms. The van der Waals surface area contributed by atoms with Gasteiger partial charge in [-0.25, -0.2) is 4.39 Å². The molecule has 0 atom stereocenters. The highest BCUT2D eigenvalue weighted by Gasteiger charge is 2.15. The summed E-state index contributed by atoms with van der Waals surface area (Å²) in [6.07, 6.45) is 0.792. The van der Waals surface area contributed by atoms with E-state index in [0.29, 0.717) is 28.8 Å². The summed E-state index contributed by atoms with van der Waals surface area (Å²) in [6, 6.07) is 10.7. The van der Waals surface area contributed by atoms with E-state index in [2.05, 4.69) is 10.6 Å². The Labute approximate surface area is 173 Å². The average molecular weight is 426 g/mol. The van der Waals surface area contributed by atoms with E-state index >= 15 is 0 Å². The van der Waals surface area contributed by atoms with E-state index in [1.54, 1.807) is 35.2 Å². The van der Waals surface area contributed by atoms with Gasteiger partial charge >= 0.3 is 0 Å². The van der Waals surface area contributed by atoms with E-state index in [1.807, 2.05) is 6.92 Å². The quantitative estimate of drug-likeness (QED) is 0.635. The first-order valence-electron chi connectivity index (χ1n) is 8.85. The Hall–Kier alpha value is -2.15. The van der Waals surface area contributed by atoms with Gasteiger partial charge in [-0.2, -0.15) is 0 Å². The summed E-state index contributed by atoms with van der Waals surface area (Å²) in [5.74, 6) is -0.810. The molecule has 0 aromatic heterocycles. The number of nitrogens with one attached hydrogen (secondary N) is 2. The minimum absolute atomic E-state index is 0.0523. The van der Waals surface area contributed by atoms with Crippen LogP contribution in [0.5, 0.6) is 0 Å². The maximum absolute atomic E-state index is 12.9. The summed E-state index contributed by atoms with van der Waals surface area (Å²) in [4.78, 5) is 26.3. The van der Waals surface area contributed by atoms with Gasteiger partial charge in [0.05, 0.1) is 23.8 Å². The van der Waals surface area contributed by atoms with E-state index in [1.165, 1.54) is 12.1 Å². The van der Waals surface area contributed by atoms with Gasteiger partial charge in [0.2, 0.25) is 11.8 Å². The molecule has 0 saturated heterocycles. The van der Waals surface area contributed by atoms with Gasteiger partial charge in [-0.15, -0.1) is 0 Å². The van der Waals surface area contributed by atoms with Crippen molar-refractivity contribution in [1.82, 2.24) is 10.2 Å². The molecule has 2 aromatic carbocycles. The summed E-state index contributed by atoms with van der Waals surface area (Å²) >= 11 is 11.9. The Balaban J connectivity index is 1.86. The number of rotatable bonds is 9. The maximum atomic E-state index is 12.9. The standard InChI is InChI=1S/C20H22Cl2FN3O2/c1-2-9-26(12-19(27)24-11-14-3-6-16(23)7-4-14)13-20(28)25-18-8-5-15(21)10-17(18)22/h3-8,10H,2,9,11-13H2,1H3,(H,24,27)(H,25,28). The second kappa shape index (κ2) is 11.0. The minimum atomic E-state index is -0.323. The lowest BCUT2D eigenvalue weighted by Gasteiger charge is -2.21. The van der Waals surface area contributed by atoms with Crippen LogP contribution < -0.4 is 10.6 Å². The largest absolute Gasteiger partial charge is 0.351 e. The van der Waals surface area contributed by atoms with Crippen molar-refractivity contribution in [2.24, 2.45) is 0 Å². The summed E-state index contributed by atoms with van der Waals surface area (Å²) in [6.45, 7) is 2.99. The summed E-state index contributed by atoms with van der Waals surface area (Å²) in [7, 11) is 0. The molecule has 0 spiro atoms. The van der Waals surface area contributed by atoms with Crippen molar-refractivity contribution in [1.29, 1.82) is 0 Å². The Bertz CT molecular complexity index is 816. The van der Waals surface area contributed by atoms with Gasteiger partial charge in [0.25, 0.3) is 0 Å². The third-order valence-corrected chi connectivity index (χ3v) is 4.43. The van der Waals surface area contributed by atoms with Crippen LogP contribution in [-0.4, -0.2) is 36.3 Å². The van der Waals surface area contributed by atoms with Crippen LogP contribution in [0.3, 0.4) is 0 Å². The smallest absolute Gasteiger partial charge is 0.238 e. The van der Waals surface area contributed by atoms with Crippen molar-refractivity contribution >= 4 is 40.7 Å². The number of nitrogens with zero attached hydrogens (tertiary/aromatic N) is 1. The lowest BCUT2D eigenvalue weighted by Crippen LogP contribution is -2.41. The average Bonchev–Trinajstić information content (AvgIpc) is 2.64. The second-order valence-electron chi connectivity index (χ2n) is 6.29.